The fourth-order valence-electron chi connectivity index (χ4n) is 1.57. The van der Waals surface area contributed by atoms with Gasteiger partial charge in [-0.1, -0.05) is 17.7 Å². The van der Waals surface area contributed by atoms with Crippen molar-refractivity contribution in [2.45, 2.75) is 6.29 Å². The molecule has 96 valence electrons. The quantitative estimate of drug-likeness (QED) is 0.795. The number of nitrogens with zero attached hydrogens (tertiary/aromatic N) is 1. The number of methoxy groups -OCH3 is 2. The molecule has 0 saturated heterocycles. The van der Waals surface area contributed by atoms with Gasteiger partial charge in [-0.05, 0) is 12.1 Å². The second kappa shape index (κ2) is 6.69. The van der Waals surface area contributed by atoms with E-state index in [4.69, 9.17) is 21.1 Å². The Morgan fingerprint density at radius 1 is 1.29 bits per heavy atom. The van der Waals surface area contributed by atoms with E-state index in [-0.39, 0.29) is 6.29 Å². The van der Waals surface area contributed by atoms with E-state index >= 15 is 0 Å². The van der Waals surface area contributed by atoms with Crippen molar-refractivity contribution in [3.8, 4) is 0 Å². The average Bonchev–Trinajstić information content (AvgIpc) is 2.29. The van der Waals surface area contributed by atoms with E-state index in [1.54, 1.807) is 14.2 Å². The number of hydrogen-bond donors (Lipinski definition) is 1. The van der Waals surface area contributed by atoms with E-state index in [2.05, 4.69) is 5.32 Å². The summed E-state index contributed by atoms with van der Waals surface area (Å²) in [4.78, 5) is 1.97. The number of hydrogen-bond acceptors (Lipinski definition) is 4. The molecule has 4 nitrogen and oxygen atoms in total. The fourth-order valence-corrected chi connectivity index (χ4v) is 1.91. The molecule has 0 aliphatic heterocycles. The summed E-state index contributed by atoms with van der Waals surface area (Å²) in [7, 11) is 7.13. The van der Waals surface area contributed by atoms with Gasteiger partial charge in [0.1, 0.15) is 0 Å². The highest BCUT2D eigenvalue weighted by Crippen LogP contribution is 2.32. The van der Waals surface area contributed by atoms with Crippen LogP contribution in [-0.2, 0) is 9.47 Å². The van der Waals surface area contributed by atoms with E-state index in [1.165, 1.54) is 0 Å². The Kier molecular flexibility index (Phi) is 5.55. The Morgan fingerprint density at radius 2 is 1.94 bits per heavy atom. The van der Waals surface area contributed by atoms with Crippen molar-refractivity contribution < 1.29 is 9.47 Å². The number of para-hydroxylation sites is 1. The van der Waals surface area contributed by atoms with Crippen molar-refractivity contribution in [2.24, 2.45) is 0 Å². The second-order valence-electron chi connectivity index (χ2n) is 3.81. The SMILES string of the molecule is COC(CNc1cccc(Cl)c1N(C)C)OC. The third-order valence-electron chi connectivity index (χ3n) is 2.42. The molecular formula is C12H19ClN2O2. The molecule has 0 aliphatic rings. The molecule has 1 aromatic carbocycles. The fraction of sp³-hybridized carbons (Fsp3) is 0.500. The molecule has 0 fully saturated rings. The summed E-state index contributed by atoms with van der Waals surface area (Å²) in [6.45, 7) is 0.564. The second-order valence-corrected chi connectivity index (χ2v) is 4.22. The number of nitrogens with one attached hydrogen (secondary N) is 1. The first-order valence-corrected chi connectivity index (χ1v) is 5.73. The number of anilines is 2. The Labute approximate surface area is 107 Å². The molecular weight excluding hydrogens is 240 g/mol. The standard InChI is InChI=1S/C12H19ClN2O2/c1-15(2)12-9(13)6-5-7-10(12)14-8-11(16-3)17-4/h5-7,11,14H,8H2,1-4H3. The number of benzene rings is 1. The van der Waals surface area contributed by atoms with Crippen molar-refractivity contribution in [3.05, 3.63) is 23.2 Å². The van der Waals surface area contributed by atoms with Crippen molar-refractivity contribution >= 4 is 23.0 Å². The van der Waals surface area contributed by atoms with Crippen molar-refractivity contribution in [3.63, 3.8) is 0 Å². The minimum atomic E-state index is -0.274. The molecule has 0 atom stereocenters. The van der Waals surface area contributed by atoms with Crippen molar-refractivity contribution in [2.75, 3.05) is 45.1 Å². The summed E-state index contributed by atoms with van der Waals surface area (Å²) in [6.07, 6.45) is -0.274. The molecule has 0 aromatic heterocycles. The van der Waals surface area contributed by atoms with Gasteiger partial charge in [-0.2, -0.15) is 0 Å². The molecule has 0 unspecified atom stereocenters. The van der Waals surface area contributed by atoms with Gasteiger partial charge in [0.15, 0.2) is 6.29 Å². The van der Waals surface area contributed by atoms with Gasteiger partial charge in [-0.15, -0.1) is 0 Å². The molecule has 0 aliphatic carbocycles. The highest BCUT2D eigenvalue weighted by molar-refractivity contribution is 6.34. The van der Waals surface area contributed by atoms with Crippen LogP contribution in [0.3, 0.4) is 0 Å². The molecule has 1 rings (SSSR count). The summed E-state index contributed by atoms with van der Waals surface area (Å²) in [5, 5.41) is 3.98. The normalized spacial score (nSPS) is 10.7. The van der Waals surface area contributed by atoms with Gasteiger partial charge >= 0.3 is 0 Å². The predicted molar refractivity (Wildman–Crippen MR) is 72.1 cm³/mol. The molecule has 0 amide bonds. The molecule has 0 spiro atoms. The zero-order valence-electron chi connectivity index (χ0n) is 10.7. The minimum absolute atomic E-state index is 0.274. The first-order chi connectivity index (χ1) is 8.10. The molecule has 5 heteroatoms. The summed E-state index contributed by atoms with van der Waals surface area (Å²) in [6, 6.07) is 5.75. The van der Waals surface area contributed by atoms with Gasteiger partial charge in [-0.3, -0.25) is 0 Å². The molecule has 0 bridgehead atoms. The van der Waals surface area contributed by atoms with Crippen LogP contribution in [0.15, 0.2) is 18.2 Å². The maximum Gasteiger partial charge on any atom is 0.173 e. The van der Waals surface area contributed by atoms with Crippen LogP contribution in [0.4, 0.5) is 11.4 Å². The Hall–Kier alpha value is -0.970. The van der Waals surface area contributed by atoms with Gasteiger partial charge in [-0.25, -0.2) is 0 Å². The average molecular weight is 259 g/mol. The molecule has 1 aromatic rings. The molecule has 0 saturated carbocycles. The molecule has 1 N–H and O–H groups in total. The summed E-state index contributed by atoms with van der Waals surface area (Å²) >= 11 is 6.16. The summed E-state index contributed by atoms with van der Waals surface area (Å²) < 4.78 is 10.2. The largest absolute Gasteiger partial charge is 0.378 e. The lowest BCUT2D eigenvalue weighted by molar-refractivity contribution is -0.0914. The van der Waals surface area contributed by atoms with Crippen LogP contribution in [0, 0.1) is 0 Å². The van der Waals surface area contributed by atoms with E-state index in [9.17, 15) is 0 Å². The smallest absolute Gasteiger partial charge is 0.173 e. The molecule has 17 heavy (non-hydrogen) atoms. The van der Waals surface area contributed by atoms with E-state index < -0.39 is 0 Å². The van der Waals surface area contributed by atoms with E-state index in [1.807, 2.05) is 37.2 Å². The van der Waals surface area contributed by atoms with Gasteiger partial charge in [0.2, 0.25) is 0 Å². The first kappa shape index (κ1) is 14.1. The van der Waals surface area contributed by atoms with Gasteiger partial charge in [0, 0.05) is 28.3 Å². The minimum Gasteiger partial charge on any atom is -0.378 e. The zero-order valence-corrected chi connectivity index (χ0v) is 11.4. The first-order valence-electron chi connectivity index (χ1n) is 5.35. The van der Waals surface area contributed by atoms with Crippen LogP contribution in [-0.4, -0.2) is 41.1 Å². The monoisotopic (exact) mass is 258 g/mol. The Balaban J connectivity index is 2.80. The van der Waals surface area contributed by atoms with Gasteiger partial charge in [0.25, 0.3) is 0 Å². The van der Waals surface area contributed by atoms with Crippen molar-refractivity contribution in [1.82, 2.24) is 0 Å². The topological polar surface area (TPSA) is 33.7 Å². The van der Waals surface area contributed by atoms with E-state index in [0.717, 1.165) is 11.4 Å². The lowest BCUT2D eigenvalue weighted by atomic mass is 10.2. The van der Waals surface area contributed by atoms with Gasteiger partial charge < -0.3 is 19.7 Å². The highest BCUT2D eigenvalue weighted by Gasteiger charge is 2.10. The van der Waals surface area contributed by atoms with Crippen LogP contribution in [0.2, 0.25) is 5.02 Å². The van der Waals surface area contributed by atoms with Crippen LogP contribution < -0.4 is 10.2 Å². The summed E-state index contributed by atoms with van der Waals surface area (Å²) in [5.41, 5.74) is 1.92. The van der Waals surface area contributed by atoms with Crippen LogP contribution in [0.25, 0.3) is 0 Å². The maximum atomic E-state index is 6.16. The molecule has 0 heterocycles. The predicted octanol–water partition coefficient (Wildman–Crippen LogP) is 2.44. The Bertz CT molecular complexity index is 354. The number of halogens is 1. The van der Waals surface area contributed by atoms with E-state index in [0.29, 0.717) is 11.6 Å². The van der Waals surface area contributed by atoms with Crippen LogP contribution in [0.5, 0.6) is 0 Å². The number of rotatable bonds is 6. The van der Waals surface area contributed by atoms with Gasteiger partial charge in [0.05, 0.1) is 22.9 Å². The number of ether oxygens (including phenoxy) is 2. The van der Waals surface area contributed by atoms with Crippen LogP contribution >= 0.6 is 11.6 Å². The third kappa shape index (κ3) is 3.77. The van der Waals surface area contributed by atoms with Crippen LogP contribution in [0.1, 0.15) is 0 Å². The highest BCUT2D eigenvalue weighted by atomic mass is 35.5. The third-order valence-corrected chi connectivity index (χ3v) is 2.72. The van der Waals surface area contributed by atoms with Crippen molar-refractivity contribution in [1.29, 1.82) is 0 Å². The lowest BCUT2D eigenvalue weighted by Gasteiger charge is -2.21. The molecule has 0 radical (unpaired) electrons. The summed E-state index contributed by atoms with van der Waals surface area (Å²) in [5.74, 6) is 0. The lowest BCUT2D eigenvalue weighted by Crippen LogP contribution is -2.24. The zero-order chi connectivity index (χ0) is 12.8. The Morgan fingerprint density at radius 3 is 2.47 bits per heavy atom. The maximum absolute atomic E-state index is 6.16.